The van der Waals surface area contributed by atoms with E-state index in [0.717, 1.165) is 6.42 Å². The van der Waals surface area contributed by atoms with Gasteiger partial charge in [0.2, 0.25) is 0 Å². The average Bonchev–Trinajstić information content (AvgIpc) is 2.19. The van der Waals surface area contributed by atoms with Crippen molar-refractivity contribution < 1.29 is 5.11 Å². The summed E-state index contributed by atoms with van der Waals surface area (Å²) in [5.41, 5.74) is 0.615. The van der Waals surface area contributed by atoms with Gasteiger partial charge in [-0.3, -0.25) is 0 Å². The lowest BCUT2D eigenvalue weighted by Gasteiger charge is -2.15. The highest BCUT2D eigenvalue weighted by Crippen LogP contribution is 2.23. The van der Waals surface area contributed by atoms with E-state index < -0.39 is 0 Å². The van der Waals surface area contributed by atoms with Crippen molar-refractivity contribution in [2.24, 2.45) is 5.92 Å². The van der Waals surface area contributed by atoms with E-state index in [4.69, 9.17) is 5.26 Å². The molecule has 3 nitrogen and oxygen atoms in total. The van der Waals surface area contributed by atoms with Gasteiger partial charge in [0.05, 0.1) is 11.8 Å². The monoisotopic (exact) mass is 204 g/mol. The van der Waals surface area contributed by atoms with Crippen molar-refractivity contribution in [1.82, 2.24) is 0 Å². The van der Waals surface area contributed by atoms with E-state index in [1.165, 1.54) is 0 Å². The van der Waals surface area contributed by atoms with Gasteiger partial charge in [-0.25, -0.2) is 0 Å². The largest absolute Gasteiger partial charge is 0.506 e. The van der Waals surface area contributed by atoms with Crippen molar-refractivity contribution in [3.05, 3.63) is 24.3 Å². The Morgan fingerprint density at radius 3 is 2.60 bits per heavy atom. The lowest BCUT2D eigenvalue weighted by molar-refractivity contribution is 0.475. The highest BCUT2D eigenvalue weighted by atomic mass is 16.3. The number of nitrogens with zero attached hydrogens (tertiary/aromatic N) is 1. The molecule has 0 unspecified atom stereocenters. The van der Waals surface area contributed by atoms with Crippen molar-refractivity contribution in [3.63, 3.8) is 0 Å². The van der Waals surface area contributed by atoms with Gasteiger partial charge in [0, 0.05) is 0 Å². The molecule has 0 heterocycles. The summed E-state index contributed by atoms with van der Waals surface area (Å²) in [4.78, 5) is 0. The minimum absolute atomic E-state index is 0.182. The van der Waals surface area contributed by atoms with Gasteiger partial charge in [-0.1, -0.05) is 26.0 Å². The zero-order chi connectivity index (χ0) is 11.3. The molecule has 3 heteroatoms. The van der Waals surface area contributed by atoms with Gasteiger partial charge in [0.25, 0.3) is 0 Å². The van der Waals surface area contributed by atoms with Gasteiger partial charge in [-0.2, -0.15) is 5.26 Å². The maximum atomic E-state index is 9.52. The Kier molecular flexibility index (Phi) is 3.99. The summed E-state index contributed by atoms with van der Waals surface area (Å²) >= 11 is 0. The first-order valence-corrected chi connectivity index (χ1v) is 5.07. The molecule has 1 rings (SSSR count). The highest BCUT2D eigenvalue weighted by molar-refractivity contribution is 5.56. The SMILES string of the molecule is CC(C)C[C@H](C#N)Nc1ccccc1O. The second-order valence-corrected chi connectivity index (χ2v) is 3.97. The lowest BCUT2D eigenvalue weighted by atomic mass is 10.0. The van der Waals surface area contributed by atoms with Crippen LogP contribution in [0.1, 0.15) is 20.3 Å². The van der Waals surface area contributed by atoms with Gasteiger partial charge in [0.1, 0.15) is 11.8 Å². The summed E-state index contributed by atoms with van der Waals surface area (Å²) in [6.07, 6.45) is 0.769. The zero-order valence-electron chi connectivity index (χ0n) is 9.07. The first kappa shape index (κ1) is 11.4. The maximum Gasteiger partial charge on any atom is 0.138 e. The predicted octanol–water partition coefficient (Wildman–Crippen LogP) is 2.74. The summed E-state index contributed by atoms with van der Waals surface area (Å²) in [6.45, 7) is 4.13. The lowest BCUT2D eigenvalue weighted by Crippen LogP contribution is -2.19. The Morgan fingerprint density at radius 2 is 2.07 bits per heavy atom. The molecule has 0 spiro atoms. The number of phenolic OH excluding ortho intramolecular Hbond substituents is 1. The molecular formula is C12H16N2O. The first-order chi connectivity index (χ1) is 7.13. The van der Waals surface area contributed by atoms with Crippen LogP contribution in [0.5, 0.6) is 5.75 Å². The molecule has 0 radical (unpaired) electrons. The van der Waals surface area contributed by atoms with E-state index in [0.29, 0.717) is 11.6 Å². The van der Waals surface area contributed by atoms with Crippen LogP contribution in [0.15, 0.2) is 24.3 Å². The van der Waals surface area contributed by atoms with Gasteiger partial charge in [-0.15, -0.1) is 0 Å². The standard InChI is InChI=1S/C12H16N2O/c1-9(2)7-10(8-13)14-11-5-3-4-6-12(11)15/h3-6,9-10,14-15H,7H2,1-2H3/t10-/m1/s1. The van der Waals surface area contributed by atoms with Gasteiger partial charge in [-0.05, 0) is 24.5 Å². The molecule has 15 heavy (non-hydrogen) atoms. The minimum Gasteiger partial charge on any atom is -0.506 e. The fourth-order valence-electron chi connectivity index (χ4n) is 1.40. The van der Waals surface area contributed by atoms with Crippen molar-refractivity contribution in [2.75, 3.05) is 5.32 Å². The van der Waals surface area contributed by atoms with Crippen LogP contribution < -0.4 is 5.32 Å². The Balaban J connectivity index is 2.68. The number of nitrogens with one attached hydrogen (secondary N) is 1. The van der Waals surface area contributed by atoms with Gasteiger partial charge < -0.3 is 10.4 Å². The van der Waals surface area contributed by atoms with Crippen molar-refractivity contribution in [1.29, 1.82) is 5.26 Å². The van der Waals surface area contributed by atoms with Crippen LogP contribution >= 0.6 is 0 Å². The third-order valence-corrected chi connectivity index (χ3v) is 2.10. The van der Waals surface area contributed by atoms with E-state index >= 15 is 0 Å². The summed E-state index contributed by atoms with van der Waals surface area (Å²) in [5.74, 6) is 0.634. The van der Waals surface area contributed by atoms with Crippen LogP contribution in [0.25, 0.3) is 0 Å². The molecule has 0 aliphatic heterocycles. The fraction of sp³-hybridized carbons (Fsp3) is 0.417. The number of benzene rings is 1. The second-order valence-electron chi connectivity index (χ2n) is 3.97. The molecule has 0 saturated heterocycles. The summed E-state index contributed by atoms with van der Waals surface area (Å²) in [5, 5.41) is 21.5. The maximum absolute atomic E-state index is 9.52. The summed E-state index contributed by atoms with van der Waals surface area (Å²) in [7, 11) is 0. The number of hydrogen-bond acceptors (Lipinski definition) is 3. The average molecular weight is 204 g/mol. The molecule has 0 fully saturated rings. The number of para-hydroxylation sites is 2. The summed E-state index contributed by atoms with van der Waals surface area (Å²) in [6, 6.07) is 8.88. The predicted molar refractivity (Wildman–Crippen MR) is 60.6 cm³/mol. The van der Waals surface area contributed by atoms with E-state index in [1.54, 1.807) is 18.2 Å². The van der Waals surface area contributed by atoms with E-state index in [2.05, 4.69) is 25.2 Å². The molecule has 1 aromatic rings. The third-order valence-electron chi connectivity index (χ3n) is 2.10. The number of anilines is 1. The van der Waals surface area contributed by atoms with Crippen LogP contribution in [-0.2, 0) is 0 Å². The smallest absolute Gasteiger partial charge is 0.138 e. The topological polar surface area (TPSA) is 56.0 Å². The fourth-order valence-corrected chi connectivity index (χ4v) is 1.40. The van der Waals surface area contributed by atoms with Crippen LogP contribution in [0, 0.1) is 17.2 Å². The van der Waals surface area contributed by atoms with Crippen LogP contribution in [0.3, 0.4) is 0 Å². The molecule has 0 saturated carbocycles. The molecule has 0 aliphatic carbocycles. The number of nitriles is 1. The summed E-state index contributed by atoms with van der Waals surface area (Å²) < 4.78 is 0. The van der Waals surface area contributed by atoms with E-state index in [1.807, 2.05) is 6.07 Å². The molecule has 80 valence electrons. The number of aromatic hydroxyl groups is 1. The minimum atomic E-state index is -0.252. The molecule has 0 aromatic heterocycles. The first-order valence-electron chi connectivity index (χ1n) is 5.07. The van der Waals surface area contributed by atoms with Crippen molar-refractivity contribution in [2.45, 2.75) is 26.3 Å². The van der Waals surface area contributed by atoms with Crippen molar-refractivity contribution in [3.8, 4) is 11.8 Å². The Labute approximate surface area is 90.4 Å². The zero-order valence-corrected chi connectivity index (χ0v) is 9.07. The van der Waals surface area contributed by atoms with E-state index in [-0.39, 0.29) is 11.8 Å². The molecule has 0 amide bonds. The Morgan fingerprint density at radius 1 is 1.40 bits per heavy atom. The quantitative estimate of drug-likeness (QED) is 0.741. The molecule has 0 aliphatic rings. The highest BCUT2D eigenvalue weighted by Gasteiger charge is 2.10. The Hall–Kier alpha value is -1.69. The molecule has 1 aromatic carbocycles. The van der Waals surface area contributed by atoms with Crippen LogP contribution in [0.2, 0.25) is 0 Å². The Bertz CT molecular complexity index is 355. The van der Waals surface area contributed by atoms with E-state index in [9.17, 15) is 5.11 Å². The normalized spacial score (nSPS) is 12.1. The van der Waals surface area contributed by atoms with Gasteiger partial charge >= 0.3 is 0 Å². The van der Waals surface area contributed by atoms with Crippen LogP contribution in [0.4, 0.5) is 5.69 Å². The van der Waals surface area contributed by atoms with Gasteiger partial charge in [0.15, 0.2) is 0 Å². The van der Waals surface area contributed by atoms with Crippen LogP contribution in [-0.4, -0.2) is 11.1 Å². The molecule has 2 N–H and O–H groups in total. The molecule has 1 atom stereocenters. The molecular weight excluding hydrogens is 188 g/mol. The number of hydrogen-bond donors (Lipinski definition) is 2. The molecule has 0 bridgehead atoms. The van der Waals surface area contributed by atoms with Crippen molar-refractivity contribution >= 4 is 5.69 Å². The number of phenols is 1. The third kappa shape index (κ3) is 3.51. The second kappa shape index (κ2) is 5.26. The number of rotatable bonds is 4.